The van der Waals surface area contributed by atoms with Crippen molar-refractivity contribution in [3.63, 3.8) is 0 Å². The third kappa shape index (κ3) is 2.71. The number of benzene rings is 2. The Morgan fingerprint density at radius 3 is 2.45 bits per heavy atom. The first-order valence-electron chi connectivity index (χ1n) is 7.68. The van der Waals surface area contributed by atoms with E-state index in [0.29, 0.717) is 23.1 Å². The van der Waals surface area contributed by atoms with Crippen LogP contribution in [0.2, 0.25) is 0 Å². The maximum Gasteiger partial charge on any atom is 0.257 e. The molecule has 2 atom stereocenters. The molecule has 0 bridgehead atoms. The van der Waals surface area contributed by atoms with Gasteiger partial charge in [0.05, 0.1) is 12.7 Å². The summed E-state index contributed by atoms with van der Waals surface area (Å²) in [7, 11) is 1.60. The van der Waals surface area contributed by atoms with Gasteiger partial charge in [0.1, 0.15) is 5.75 Å². The molecule has 1 aliphatic heterocycles. The number of carbonyl (C=O) groups excluding carboxylic acids is 1. The molecule has 2 unspecified atom stereocenters. The Kier molecular flexibility index (Phi) is 4.14. The summed E-state index contributed by atoms with van der Waals surface area (Å²) in [6.45, 7) is 3.77. The fourth-order valence-electron chi connectivity index (χ4n) is 3.26. The fraction of sp³-hybridized carbons (Fsp3) is 0.316. The largest absolute Gasteiger partial charge is 0.496 e. The van der Waals surface area contributed by atoms with Gasteiger partial charge in [-0.25, -0.2) is 0 Å². The number of ether oxygens (including phenoxy) is 1. The van der Waals surface area contributed by atoms with E-state index in [4.69, 9.17) is 4.74 Å². The van der Waals surface area contributed by atoms with Crippen molar-refractivity contribution in [2.24, 2.45) is 5.92 Å². The smallest absolute Gasteiger partial charge is 0.257 e. The number of likely N-dealkylation sites (tertiary alicyclic amines) is 1. The van der Waals surface area contributed by atoms with Gasteiger partial charge >= 0.3 is 0 Å². The summed E-state index contributed by atoms with van der Waals surface area (Å²) in [5, 5.41) is 0. The maximum atomic E-state index is 12.8. The molecule has 114 valence electrons. The summed E-state index contributed by atoms with van der Waals surface area (Å²) >= 11 is 0. The molecule has 0 spiro atoms. The molecule has 22 heavy (non-hydrogen) atoms. The van der Waals surface area contributed by atoms with Gasteiger partial charge in [-0.15, -0.1) is 0 Å². The maximum absolute atomic E-state index is 12.8. The van der Waals surface area contributed by atoms with Crippen molar-refractivity contribution in [1.82, 2.24) is 4.90 Å². The van der Waals surface area contributed by atoms with Crippen LogP contribution in [0.15, 0.2) is 54.6 Å². The summed E-state index contributed by atoms with van der Waals surface area (Å²) in [6, 6.07) is 17.9. The Morgan fingerprint density at radius 1 is 1.05 bits per heavy atom. The topological polar surface area (TPSA) is 29.5 Å². The van der Waals surface area contributed by atoms with Gasteiger partial charge in [0.2, 0.25) is 0 Å². The second-order valence-electron chi connectivity index (χ2n) is 5.90. The van der Waals surface area contributed by atoms with E-state index >= 15 is 0 Å². The van der Waals surface area contributed by atoms with Crippen LogP contribution in [0.5, 0.6) is 5.75 Å². The number of carbonyl (C=O) groups is 1. The van der Waals surface area contributed by atoms with Crippen LogP contribution < -0.4 is 4.74 Å². The van der Waals surface area contributed by atoms with Crippen molar-refractivity contribution in [3.8, 4) is 5.75 Å². The zero-order chi connectivity index (χ0) is 15.5. The number of methoxy groups -OCH3 is 1. The standard InChI is InChI=1S/C19H21NO2/c1-14-12-20(13-17(14)15-8-4-3-5-9-15)19(21)16-10-6-7-11-18(16)22-2/h3-11,14,17H,12-13H2,1-2H3. The predicted octanol–water partition coefficient (Wildman–Crippen LogP) is 3.57. The third-order valence-electron chi connectivity index (χ3n) is 4.46. The Balaban J connectivity index is 1.81. The highest BCUT2D eigenvalue weighted by atomic mass is 16.5. The molecular weight excluding hydrogens is 274 g/mol. The minimum atomic E-state index is 0.0581. The quantitative estimate of drug-likeness (QED) is 0.866. The molecule has 2 aromatic rings. The first-order valence-corrected chi connectivity index (χ1v) is 7.68. The van der Waals surface area contributed by atoms with Crippen molar-refractivity contribution in [2.75, 3.05) is 20.2 Å². The molecule has 0 saturated carbocycles. The average Bonchev–Trinajstić information content (AvgIpc) is 2.97. The molecular formula is C19H21NO2. The van der Waals surface area contributed by atoms with Crippen LogP contribution in [0.3, 0.4) is 0 Å². The number of amides is 1. The summed E-state index contributed by atoms with van der Waals surface area (Å²) < 4.78 is 5.32. The lowest BCUT2D eigenvalue weighted by molar-refractivity contribution is 0.0783. The van der Waals surface area contributed by atoms with E-state index in [1.54, 1.807) is 7.11 Å². The Morgan fingerprint density at radius 2 is 1.73 bits per heavy atom. The SMILES string of the molecule is COc1ccccc1C(=O)N1CC(C)C(c2ccccc2)C1. The van der Waals surface area contributed by atoms with Gasteiger partial charge < -0.3 is 9.64 Å². The lowest BCUT2D eigenvalue weighted by Gasteiger charge is -2.18. The molecule has 2 aromatic carbocycles. The van der Waals surface area contributed by atoms with Crippen LogP contribution in [0.4, 0.5) is 0 Å². The fourth-order valence-corrected chi connectivity index (χ4v) is 3.26. The van der Waals surface area contributed by atoms with Gasteiger partial charge in [-0.1, -0.05) is 49.4 Å². The minimum absolute atomic E-state index is 0.0581. The van der Waals surface area contributed by atoms with E-state index in [1.807, 2.05) is 35.2 Å². The van der Waals surface area contributed by atoms with E-state index in [2.05, 4.69) is 31.2 Å². The molecule has 1 amide bonds. The van der Waals surface area contributed by atoms with Gasteiger partial charge in [-0.3, -0.25) is 4.79 Å². The second-order valence-corrected chi connectivity index (χ2v) is 5.90. The molecule has 1 heterocycles. The zero-order valence-electron chi connectivity index (χ0n) is 13.0. The monoisotopic (exact) mass is 295 g/mol. The number of nitrogens with zero attached hydrogens (tertiary/aromatic N) is 1. The minimum Gasteiger partial charge on any atom is -0.496 e. The molecule has 3 rings (SSSR count). The number of para-hydroxylation sites is 1. The van der Waals surface area contributed by atoms with Gasteiger partial charge in [0.15, 0.2) is 0 Å². The van der Waals surface area contributed by atoms with Gasteiger partial charge in [0.25, 0.3) is 5.91 Å². The zero-order valence-corrected chi connectivity index (χ0v) is 13.0. The second kappa shape index (κ2) is 6.22. The van der Waals surface area contributed by atoms with Crippen molar-refractivity contribution in [1.29, 1.82) is 0 Å². The molecule has 0 radical (unpaired) electrons. The molecule has 0 N–H and O–H groups in total. The van der Waals surface area contributed by atoms with E-state index < -0.39 is 0 Å². The molecule has 0 aromatic heterocycles. The summed E-state index contributed by atoms with van der Waals surface area (Å²) in [4.78, 5) is 14.7. The lowest BCUT2D eigenvalue weighted by atomic mass is 9.90. The van der Waals surface area contributed by atoms with E-state index in [-0.39, 0.29) is 5.91 Å². The van der Waals surface area contributed by atoms with Crippen molar-refractivity contribution < 1.29 is 9.53 Å². The van der Waals surface area contributed by atoms with Crippen LogP contribution in [-0.4, -0.2) is 31.0 Å². The first-order chi connectivity index (χ1) is 10.7. The summed E-state index contributed by atoms with van der Waals surface area (Å²) in [5.74, 6) is 1.56. The van der Waals surface area contributed by atoms with Gasteiger partial charge in [-0.2, -0.15) is 0 Å². The van der Waals surface area contributed by atoms with E-state index in [9.17, 15) is 4.79 Å². The average molecular weight is 295 g/mol. The van der Waals surface area contributed by atoms with Gasteiger partial charge in [0, 0.05) is 19.0 Å². The van der Waals surface area contributed by atoms with Crippen LogP contribution in [-0.2, 0) is 0 Å². The van der Waals surface area contributed by atoms with Crippen LogP contribution in [0.25, 0.3) is 0 Å². The predicted molar refractivity (Wildman–Crippen MR) is 87.2 cm³/mol. The molecule has 1 fully saturated rings. The van der Waals surface area contributed by atoms with Crippen LogP contribution in [0, 0.1) is 5.92 Å². The Bertz CT molecular complexity index is 653. The normalized spacial score (nSPS) is 20.9. The summed E-state index contributed by atoms with van der Waals surface area (Å²) in [5.41, 5.74) is 1.95. The van der Waals surface area contributed by atoms with Crippen molar-refractivity contribution in [2.45, 2.75) is 12.8 Å². The molecule has 0 aliphatic carbocycles. The van der Waals surface area contributed by atoms with E-state index in [0.717, 1.165) is 13.1 Å². The van der Waals surface area contributed by atoms with Gasteiger partial charge in [-0.05, 0) is 23.6 Å². The Hall–Kier alpha value is -2.29. The molecule has 3 nitrogen and oxygen atoms in total. The molecule has 3 heteroatoms. The number of hydrogen-bond donors (Lipinski definition) is 0. The van der Waals surface area contributed by atoms with Crippen LogP contribution in [0.1, 0.15) is 28.8 Å². The van der Waals surface area contributed by atoms with Crippen molar-refractivity contribution in [3.05, 3.63) is 65.7 Å². The summed E-state index contributed by atoms with van der Waals surface area (Å²) in [6.07, 6.45) is 0. The van der Waals surface area contributed by atoms with E-state index in [1.165, 1.54) is 5.56 Å². The highest BCUT2D eigenvalue weighted by molar-refractivity contribution is 5.97. The highest BCUT2D eigenvalue weighted by Crippen LogP contribution is 2.33. The number of hydrogen-bond acceptors (Lipinski definition) is 2. The third-order valence-corrected chi connectivity index (χ3v) is 4.46. The highest BCUT2D eigenvalue weighted by Gasteiger charge is 2.34. The molecule has 1 aliphatic rings. The van der Waals surface area contributed by atoms with Crippen molar-refractivity contribution >= 4 is 5.91 Å². The first kappa shape index (κ1) is 14.6. The number of rotatable bonds is 3. The Labute approximate surface area is 131 Å². The molecule has 1 saturated heterocycles. The van der Waals surface area contributed by atoms with Crippen LogP contribution >= 0.6 is 0 Å². The lowest BCUT2D eigenvalue weighted by Crippen LogP contribution is -2.29.